The van der Waals surface area contributed by atoms with Crippen molar-refractivity contribution in [3.8, 4) is 0 Å². The number of hydrogen-bond donors (Lipinski definition) is 2. The van der Waals surface area contributed by atoms with Gasteiger partial charge in [-0.15, -0.1) is 0 Å². The Morgan fingerprint density at radius 2 is 2.25 bits per heavy atom. The average molecular weight is 172 g/mol. The van der Waals surface area contributed by atoms with Crippen LogP contribution in [0, 0.1) is 0 Å². The predicted molar refractivity (Wildman–Crippen MR) is 37.0 cm³/mol. The Balaban J connectivity index is 2.81. The van der Waals surface area contributed by atoms with Crippen LogP contribution in [-0.4, -0.2) is 40.4 Å². The van der Waals surface area contributed by atoms with Gasteiger partial charge in [-0.05, 0) is 6.92 Å². The summed E-state index contributed by atoms with van der Waals surface area (Å²) < 4.78 is 0. The van der Waals surface area contributed by atoms with Crippen molar-refractivity contribution in [2.75, 3.05) is 6.54 Å². The third-order valence-electron chi connectivity index (χ3n) is 1.57. The van der Waals surface area contributed by atoms with Crippen molar-refractivity contribution in [3.05, 3.63) is 0 Å². The maximum Gasteiger partial charge on any atom is 0.330 e. The van der Waals surface area contributed by atoms with E-state index in [0.29, 0.717) is 0 Å². The number of amides is 1. The minimum atomic E-state index is -1.41. The lowest BCUT2D eigenvalue weighted by Crippen LogP contribution is -2.41. The minimum absolute atomic E-state index is 0.272. The van der Waals surface area contributed by atoms with Gasteiger partial charge in [0.25, 0.3) is 5.78 Å². The first-order valence-electron chi connectivity index (χ1n) is 3.42. The van der Waals surface area contributed by atoms with Gasteiger partial charge < -0.3 is 5.11 Å². The lowest BCUT2D eigenvalue weighted by Gasteiger charge is -2.11. The largest absolute Gasteiger partial charge is 0.480 e. The SMILES string of the molecule is CCN1NC(C(=O)O)C(=O)C1=O. The molecule has 0 aromatic rings. The molecule has 2 N–H and O–H groups in total. The van der Waals surface area contributed by atoms with Crippen LogP contribution in [-0.2, 0) is 14.4 Å². The lowest BCUT2D eigenvalue weighted by molar-refractivity contribution is -0.145. The average Bonchev–Trinajstić information content (AvgIpc) is 2.30. The third-order valence-corrected chi connectivity index (χ3v) is 1.57. The zero-order valence-corrected chi connectivity index (χ0v) is 6.40. The number of carboxylic acids is 1. The third kappa shape index (κ3) is 1.16. The molecule has 0 aromatic heterocycles. The van der Waals surface area contributed by atoms with E-state index < -0.39 is 23.7 Å². The summed E-state index contributed by atoms with van der Waals surface area (Å²) in [5.74, 6) is -3.03. The van der Waals surface area contributed by atoms with E-state index in [0.717, 1.165) is 5.01 Å². The maximum absolute atomic E-state index is 10.9. The van der Waals surface area contributed by atoms with Crippen LogP contribution in [0.3, 0.4) is 0 Å². The summed E-state index contributed by atoms with van der Waals surface area (Å²) in [4.78, 5) is 32.1. The van der Waals surface area contributed by atoms with E-state index in [2.05, 4.69) is 5.43 Å². The Morgan fingerprint density at radius 1 is 1.67 bits per heavy atom. The molecule has 0 radical (unpaired) electrons. The number of likely N-dealkylation sites (N-methyl/N-ethyl adjacent to an activating group) is 1. The standard InChI is InChI=1S/C6H8N2O4/c1-2-8-5(10)4(9)3(7-8)6(11)12/h3,7H,2H2,1H3,(H,11,12). The predicted octanol–water partition coefficient (Wildman–Crippen LogP) is -1.62. The Kier molecular flexibility index (Phi) is 2.09. The van der Waals surface area contributed by atoms with Crippen LogP contribution in [0.15, 0.2) is 0 Å². The van der Waals surface area contributed by atoms with E-state index >= 15 is 0 Å². The van der Waals surface area contributed by atoms with Crippen LogP contribution in [0.5, 0.6) is 0 Å². The highest BCUT2D eigenvalue weighted by Gasteiger charge is 2.42. The Morgan fingerprint density at radius 3 is 2.50 bits per heavy atom. The second-order valence-corrected chi connectivity index (χ2v) is 2.31. The van der Waals surface area contributed by atoms with E-state index in [4.69, 9.17) is 5.11 Å². The molecule has 66 valence electrons. The molecule has 0 aliphatic carbocycles. The number of nitrogens with one attached hydrogen (secondary N) is 1. The molecule has 1 saturated heterocycles. The molecule has 12 heavy (non-hydrogen) atoms. The maximum atomic E-state index is 10.9. The molecule has 1 aliphatic rings. The van der Waals surface area contributed by atoms with E-state index in [1.165, 1.54) is 0 Å². The number of carboxylic acid groups (broad SMARTS) is 1. The van der Waals surface area contributed by atoms with Gasteiger partial charge in [-0.3, -0.25) is 14.6 Å². The summed E-state index contributed by atoms with van der Waals surface area (Å²) in [6.07, 6.45) is 0. The number of hydrazine groups is 1. The molecule has 6 nitrogen and oxygen atoms in total. The van der Waals surface area contributed by atoms with Crippen LogP contribution in [0.4, 0.5) is 0 Å². The molecule has 1 heterocycles. The topological polar surface area (TPSA) is 86.7 Å². The second kappa shape index (κ2) is 2.90. The summed E-state index contributed by atoms with van der Waals surface area (Å²) in [5, 5.41) is 9.44. The van der Waals surface area contributed by atoms with Gasteiger partial charge in [-0.25, -0.2) is 10.2 Å². The normalized spacial score (nSPS) is 23.4. The Bertz CT molecular complexity index is 250. The highest BCUT2D eigenvalue weighted by molar-refractivity contribution is 6.43. The summed E-state index contributed by atoms with van der Waals surface area (Å²) in [6.45, 7) is 1.91. The monoisotopic (exact) mass is 172 g/mol. The number of carbonyl (C=O) groups is 3. The van der Waals surface area contributed by atoms with Crippen LogP contribution in [0.2, 0.25) is 0 Å². The summed E-state index contributed by atoms with van der Waals surface area (Å²) in [7, 11) is 0. The molecule has 0 saturated carbocycles. The molecule has 0 aromatic carbocycles. The first kappa shape index (κ1) is 8.66. The molecular weight excluding hydrogens is 164 g/mol. The van der Waals surface area contributed by atoms with E-state index in [9.17, 15) is 14.4 Å². The van der Waals surface area contributed by atoms with Crippen molar-refractivity contribution in [1.82, 2.24) is 10.4 Å². The van der Waals surface area contributed by atoms with E-state index in [1.54, 1.807) is 6.92 Å². The molecule has 6 heteroatoms. The first-order valence-corrected chi connectivity index (χ1v) is 3.42. The fraction of sp³-hybridized carbons (Fsp3) is 0.500. The highest BCUT2D eigenvalue weighted by atomic mass is 16.4. The molecule has 1 amide bonds. The van der Waals surface area contributed by atoms with Crippen molar-refractivity contribution >= 4 is 17.7 Å². The Hall–Kier alpha value is -1.43. The lowest BCUT2D eigenvalue weighted by atomic mass is 10.2. The number of ketones is 1. The second-order valence-electron chi connectivity index (χ2n) is 2.31. The van der Waals surface area contributed by atoms with E-state index in [1.807, 2.05) is 0 Å². The van der Waals surface area contributed by atoms with Gasteiger partial charge in [0.2, 0.25) is 0 Å². The zero-order valence-electron chi connectivity index (χ0n) is 6.40. The van der Waals surface area contributed by atoms with Crippen molar-refractivity contribution in [3.63, 3.8) is 0 Å². The zero-order chi connectivity index (χ0) is 9.30. The number of hydrogen-bond acceptors (Lipinski definition) is 4. The van der Waals surface area contributed by atoms with Gasteiger partial charge in [-0.2, -0.15) is 0 Å². The smallest absolute Gasteiger partial charge is 0.330 e. The fourth-order valence-corrected chi connectivity index (χ4v) is 0.932. The van der Waals surface area contributed by atoms with Crippen molar-refractivity contribution in [2.24, 2.45) is 0 Å². The van der Waals surface area contributed by atoms with Crippen LogP contribution < -0.4 is 5.43 Å². The summed E-state index contributed by atoms with van der Waals surface area (Å²) in [5.41, 5.74) is 2.27. The first-order chi connectivity index (χ1) is 5.57. The molecule has 1 fully saturated rings. The number of aliphatic carboxylic acids is 1. The van der Waals surface area contributed by atoms with Gasteiger partial charge >= 0.3 is 11.9 Å². The van der Waals surface area contributed by atoms with Crippen molar-refractivity contribution in [2.45, 2.75) is 13.0 Å². The van der Waals surface area contributed by atoms with Gasteiger partial charge in [0, 0.05) is 6.54 Å². The summed E-state index contributed by atoms with van der Waals surface area (Å²) in [6, 6.07) is -1.41. The molecule has 0 bridgehead atoms. The molecule has 1 aliphatic heterocycles. The molecular formula is C6H8N2O4. The molecule has 1 atom stereocenters. The van der Waals surface area contributed by atoms with Crippen LogP contribution >= 0.6 is 0 Å². The fourth-order valence-electron chi connectivity index (χ4n) is 0.932. The van der Waals surface area contributed by atoms with Gasteiger partial charge in [0.05, 0.1) is 0 Å². The van der Waals surface area contributed by atoms with Crippen molar-refractivity contribution < 1.29 is 19.5 Å². The van der Waals surface area contributed by atoms with E-state index in [-0.39, 0.29) is 6.54 Å². The molecule has 0 spiro atoms. The number of carbonyl (C=O) groups excluding carboxylic acids is 2. The van der Waals surface area contributed by atoms with Crippen LogP contribution in [0.25, 0.3) is 0 Å². The number of Topliss-reactive ketones (excluding diaryl/α,β-unsaturated/α-hetero) is 1. The quantitative estimate of drug-likeness (QED) is 0.386. The number of rotatable bonds is 2. The van der Waals surface area contributed by atoms with Gasteiger partial charge in [0.15, 0.2) is 6.04 Å². The van der Waals surface area contributed by atoms with Crippen molar-refractivity contribution in [1.29, 1.82) is 0 Å². The van der Waals surface area contributed by atoms with Gasteiger partial charge in [0.1, 0.15) is 0 Å². The molecule has 1 rings (SSSR count). The van der Waals surface area contributed by atoms with Gasteiger partial charge in [-0.1, -0.05) is 0 Å². The van der Waals surface area contributed by atoms with Crippen LogP contribution in [0.1, 0.15) is 6.92 Å². The minimum Gasteiger partial charge on any atom is -0.480 e. The molecule has 1 unspecified atom stereocenters. The highest BCUT2D eigenvalue weighted by Crippen LogP contribution is 2.02. The Labute approximate surface area is 68.1 Å². The summed E-state index contributed by atoms with van der Waals surface area (Å²) >= 11 is 0. The number of nitrogens with zero attached hydrogens (tertiary/aromatic N) is 1.